The normalized spacial score (nSPS) is 25.5. The summed E-state index contributed by atoms with van der Waals surface area (Å²) in [6.07, 6.45) is 16.0. The summed E-state index contributed by atoms with van der Waals surface area (Å²) in [5.41, 5.74) is 0. The lowest BCUT2D eigenvalue weighted by molar-refractivity contribution is 0.00101. The van der Waals surface area contributed by atoms with E-state index in [9.17, 15) is 0 Å². The van der Waals surface area contributed by atoms with Crippen molar-refractivity contribution in [3.8, 4) is 0 Å². The molecule has 118 valence electrons. The third-order valence-corrected chi connectivity index (χ3v) is 5.56. The van der Waals surface area contributed by atoms with Gasteiger partial charge in [0.2, 0.25) is 0 Å². The maximum absolute atomic E-state index is 5.98. The minimum atomic E-state index is 0.442. The van der Waals surface area contributed by atoms with Crippen LogP contribution in [-0.4, -0.2) is 25.8 Å². The van der Waals surface area contributed by atoms with Gasteiger partial charge < -0.3 is 10.1 Å². The zero-order valence-corrected chi connectivity index (χ0v) is 13.7. The standard InChI is InChI=1S/C18H35NO/c1-3-19-17(14-15-10-6-4-7-11-15)18(20-2)16-12-8-5-9-13-16/h15-19H,3-14H2,1-2H3. The SMILES string of the molecule is CCNC(CC1CCCCC1)C(OC)C1CCCCC1. The molecule has 2 aliphatic carbocycles. The van der Waals surface area contributed by atoms with Crippen LogP contribution < -0.4 is 5.32 Å². The molecule has 0 saturated heterocycles. The van der Waals surface area contributed by atoms with E-state index in [4.69, 9.17) is 4.74 Å². The van der Waals surface area contributed by atoms with Crippen molar-refractivity contribution in [2.45, 2.75) is 89.7 Å². The van der Waals surface area contributed by atoms with Gasteiger partial charge in [0.25, 0.3) is 0 Å². The predicted molar refractivity (Wildman–Crippen MR) is 86.0 cm³/mol. The fourth-order valence-electron chi connectivity index (χ4n) is 4.53. The lowest BCUT2D eigenvalue weighted by atomic mass is 9.78. The lowest BCUT2D eigenvalue weighted by Gasteiger charge is -2.37. The monoisotopic (exact) mass is 281 g/mol. The summed E-state index contributed by atoms with van der Waals surface area (Å²) in [7, 11) is 1.94. The van der Waals surface area contributed by atoms with Crippen LogP contribution in [-0.2, 0) is 4.74 Å². The summed E-state index contributed by atoms with van der Waals surface area (Å²) in [6, 6.07) is 0.580. The van der Waals surface area contributed by atoms with E-state index in [1.54, 1.807) is 0 Å². The molecule has 0 aliphatic heterocycles. The Balaban J connectivity index is 1.92. The zero-order valence-electron chi connectivity index (χ0n) is 13.7. The van der Waals surface area contributed by atoms with Crippen LogP contribution in [0, 0.1) is 11.8 Å². The number of likely N-dealkylation sites (N-methyl/N-ethyl adjacent to an activating group) is 1. The van der Waals surface area contributed by atoms with Crippen LogP contribution >= 0.6 is 0 Å². The third kappa shape index (κ3) is 4.73. The van der Waals surface area contributed by atoms with Gasteiger partial charge in [-0.3, -0.25) is 0 Å². The topological polar surface area (TPSA) is 21.3 Å². The van der Waals surface area contributed by atoms with Gasteiger partial charge in [-0.1, -0.05) is 58.3 Å². The molecule has 0 aromatic carbocycles. The van der Waals surface area contributed by atoms with E-state index < -0.39 is 0 Å². The number of ether oxygens (including phenoxy) is 1. The van der Waals surface area contributed by atoms with Gasteiger partial charge in [0.05, 0.1) is 6.10 Å². The van der Waals surface area contributed by atoms with Crippen molar-refractivity contribution in [2.75, 3.05) is 13.7 Å². The minimum Gasteiger partial charge on any atom is -0.380 e. The first-order valence-corrected chi connectivity index (χ1v) is 9.11. The Hall–Kier alpha value is -0.0800. The molecule has 2 nitrogen and oxygen atoms in total. The number of hydrogen-bond acceptors (Lipinski definition) is 2. The molecule has 2 saturated carbocycles. The predicted octanol–water partition coefficient (Wildman–Crippen LogP) is 4.53. The van der Waals surface area contributed by atoms with E-state index in [-0.39, 0.29) is 0 Å². The molecule has 1 N–H and O–H groups in total. The highest BCUT2D eigenvalue weighted by Gasteiger charge is 2.32. The van der Waals surface area contributed by atoms with Gasteiger partial charge in [-0.2, -0.15) is 0 Å². The molecule has 2 unspecified atom stereocenters. The molecule has 2 atom stereocenters. The molecule has 2 rings (SSSR count). The zero-order chi connectivity index (χ0) is 14.2. The Bertz CT molecular complexity index is 244. The molecule has 2 heteroatoms. The van der Waals surface area contributed by atoms with Gasteiger partial charge in [0, 0.05) is 13.2 Å². The Morgan fingerprint density at radius 2 is 1.55 bits per heavy atom. The van der Waals surface area contributed by atoms with Crippen LogP contribution in [0.5, 0.6) is 0 Å². The minimum absolute atomic E-state index is 0.442. The van der Waals surface area contributed by atoms with E-state index in [0.29, 0.717) is 12.1 Å². The van der Waals surface area contributed by atoms with Crippen LogP contribution in [0.3, 0.4) is 0 Å². The average Bonchev–Trinajstić information content (AvgIpc) is 2.50. The summed E-state index contributed by atoms with van der Waals surface area (Å²) >= 11 is 0. The van der Waals surface area contributed by atoms with Gasteiger partial charge in [-0.25, -0.2) is 0 Å². The highest BCUT2D eigenvalue weighted by molar-refractivity contribution is 4.86. The Morgan fingerprint density at radius 3 is 2.10 bits per heavy atom. The summed E-state index contributed by atoms with van der Waals surface area (Å²) in [6.45, 7) is 3.31. The quantitative estimate of drug-likeness (QED) is 0.740. The second-order valence-corrected chi connectivity index (χ2v) is 7.00. The molecule has 0 amide bonds. The Labute approximate surface area is 126 Å². The smallest absolute Gasteiger partial charge is 0.0752 e. The van der Waals surface area contributed by atoms with Crippen LogP contribution in [0.25, 0.3) is 0 Å². The average molecular weight is 281 g/mol. The summed E-state index contributed by atoms with van der Waals surface area (Å²) < 4.78 is 5.98. The molecule has 2 aliphatic rings. The summed E-state index contributed by atoms with van der Waals surface area (Å²) in [4.78, 5) is 0. The largest absolute Gasteiger partial charge is 0.380 e. The summed E-state index contributed by atoms with van der Waals surface area (Å²) in [5, 5.41) is 3.75. The van der Waals surface area contributed by atoms with Crippen molar-refractivity contribution in [1.82, 2.24) is 5.32 Å². The van der Waals surface area contributed by atoms with Crippen molar-refractivity contribution in [2.24, 2.45) is 11.8 Å². The summed E-state index contributed by atoms with van der Waals surface area (Å²) in [5.74, 6) is 1.73. The Kier molecular flexibility index (Phi) is 7.37. The number of nitrogens with one attached hydrogen (secondary N) is 1. The molecule has 0 bridgehead atoms. The fourth-order valence-corrected chi connectivity index (χ4v) is 4.53. The second-order valence-electron chi connectivity index (χ2n) is 7.00. The van der Waals surface area contributed by atoms with E-state index in [2.05, 4.69) is 12.2 Å². The molecule has 0 aromatic heterocycles. The van der Waals surface area contributed by atoms with E-state index in [1.807, 2.05) is 7.11 Å². The van der Waals surface area contributed by atoms with Gasteiger partial charge in [0.15, 0.2) is 0 Å². The van der Waals surface area contributed by atoms with Crippen LogP contribution in [0.15, 0.2) is 0 Å². The highest BCUT2D eigenvalue weighted by Crippen LogP contribution is 2.33. The molecule has 0 radical (unpaired) electrons. The molecular weight excluding hydrogens is 246 g/mol. The van der Waals surface area contributed by atoms with E-state index in [1.165, 1.54) is 70.6 Å². The Morgan fingerprint density at radius 1 is 0.950 bits per heavy atom. The van der Waals surface area contributed by atoms with Gasteiger partial charge in [0.1, 0.15) is 0 Å². The number of rotatable bonds is 7. The molecular formula is C18H35NO. The van der Waals surface area contributed by atoms with Gasteiger partial charge in [-0.15, -0.1) is 0 Å². The molecule has 0 spiro atoms. The van der Waals surface area contributed by atoms with Crippen molar-refractivity contribution < 1.29 is 4.74 Å². The highest BCUT2D eigenvalue weighted by atomic mass is 16.5. The first-order valence-electron chi connectivity index (χ1n) is 9.11. The maximum Gasteiger partial charge on any atom is 0.0752 e. The van der Waals surface area contributed by atoms with E-state index in [0.717, 1.165) is 18.4 Å². The van der Waals surface area contributed by atoms with Crippen LogP contribution in [0.1, 0.15) is 77.6 Å². The van der Waals surface area contributed by atoms with Gasteiger partial charge in [-0.05, 0) is 37.6 Å². The van der Waals surface area contributed by atoms with Crippen LogP contribution in [0.2, 0.25) is 0 Å². The lowest BCUT2D eigenvalue weighted by Crippen LogP contribution is -2.46. The van der Waals surface area contributed by atoms with Crippen molar-refractivity contribution >= 4 is 0 Å². The number of methoxy groups -OCH3 is 1. The van der Waals surface area contributed by atoms with E-state index >= 15 is 0 Å². The van der Waals surface area contributed by atoms with Crippen LogP contribution in [0.4, 0.5) is 0 Å². The molecule has 20 heavy (non-hydrogen) atoms. The maximum atomic E-state index is 5.98. The third-order valence-electron chi connectivity index (χ3n) is 5.56. The second kappa shape index (κ2) is 9.04. The fraction of sp³-hybridized carbons (Fsp3) is 1.00. The number of hydrogen-bond donors (Lipinski definition) is 1. The molecule has 0 heterocycles. The van der Waals surface area contributed by atoms with Crippen molar-refractivity contribution in [3.05, 3.63) is 0 Å². The van der Waals surface area contributed by atoms with Gasteiger partial charge >= 0.3 is 0 Å². The van der Waals surface area contributed by atoms with Crippen molar-refractivity contribution in [1.29, 1.82) is 0 Å². The molecule has 0 aromatic rings. The first-order chi connectivity index (χ1) is 9.85. The first kappa shape index (κ1) is 16.3. The van der Waals surface area contributed by atoms with Crippen molar-refractivity contribution in [3.63, 3.8) is 0 Å². The molecule has 2 fully saturated rings.